The molecule has 3 aromatic rings. The molecule has 2 atom stereocenters. The van der Waals surface area contributed by atoms with Gasteiger partial charge in [0.25, 0.3) is 0 Å². The van der Waals surface area contributed by atoms with Crippen molar-refractivity contribution in [3.63, 3.8) is 0 Å². The normalized spacial score (nSPS) is 25.4. The van der Waals surface area contributed by atoms with Crippen LogP contribution in [0.25, 0.3) is 11.3 Å². The number of anilines is 3. The lowest BCUT2D eigenvalue weighted by Gasteiger charge is -2.43. The molecule has 0 spiro atoms. The first-order valence-electron chi connectivity index (χ1n) is 20.0. The minimum atomic E-state index is -0.449. The van der Waals surface area contributed by atoms with E-state index >= 15 is 0 Å². The van der Waals surface area contributed by atoms with Crippen LogP contribution in [0.2, 0.25) is 0 Å². The van der Waals surface area contributed by atoms with Crippen LogP contribution < -0.4 is 20.3 Å². The number of phenols is 1. The number of benzene rings is 1. The van der Waals surface area contributed by atoms with E-state index in [1.165, 1.54) is 0 Å². The zero-order chi connectivity index (χ0) is 37.4. The zero-order valence-corrected chi connectivity index (χ0v) is 32.0. The predicted molar refractivity (Wildman–Crippen MR) is 208 cm³/mol. The number of aromatic nitrogens is 3. The first-order chi connectivity index (χ1) is 26.0. The molecule has 3 N–H and O–H groups in total. The van der Waals surface area contributed by atoms with Crippen LogP contribution in [0.1, 0.15) is 72.1 Å². The van der Waals surface area contributed by atoms with E-state index in [2.05, 4.69) is 42.0 Å². The van der Waals surface area contributed by atoms with Gasteiger partial charge in [0.15, 0.2) is 5.82 Å². The number of pyridine rings is 1. The summed E-state index contributed by atoms with van der Waals surface area (Å²) in [4.78, 5) is 26.3. The summed E-state index contributed by atoms with van der Waals surface area (Å²) >= 11 is 0. The Kier molecular flexibility index (Phi) is 10.4. The van der Waals surface area contributed by atoms with Crippen LogP contribution in [0, 0.1) is 5.92 Å². The van der Waals surface area contributed by atoms with Crippen LogP contribution in [0.4, 0.5) is 22.0 Å². The molecule has 13 nitrogen and oxygen atoms in total. The lowest BCUT2D eigenvalue weighted by Crippen LogP contribution is -2.54. The van der Waals surface area contributed by atoms with Crippen LogP contribution >= 0.6 is 0 Å². The number of likely N-dealkylation sites (tertiary alicyclic amines) is 2. The number of rotatable bonds is 9. The number of carbonyl (C=O) groups excluding carboxylic acids is 1. The summed E-state index contributed by atoms with van der Waals surface area (Å²) in [6.07, 6.45) is 10.6. The van der Waals surface area contributed by atoms with Crippen molar-refractivity contribution in [2.45, 2.75) is 108 Å². The third-order valence-electron chi connectivity index (χ3n) is 11.9. The lowest BCUT2D eigenvalue weighted by atomic mass is 9.91. The summed E-state index contributed by atoms with van der Waals surface area (Å²) < 4.78 is 18.5. The molecule has 1 aromatic carbocycles. The Bertz CT molecular complexity index is 1750. The fourth-order valence-corrected chi connectivity index (χ4v) is 9.00. The summed E-state index contributed by atoms with van der Waals surface area (Å²) in [7, 11) is 0. The van der Waals surface area contributed by atoms with Crippen LogP contribution in [0.15, 0.2) is 48.7 Å². The topological polar surface area (TPSA) is 143 Å². The molecule has 290 valence electrons. The van der Waals surface area contributed by atoms with Gasteiger partial charge in [-0.15, -0.1) is 10.2 Å². The molecule has 5 aliphatic rings. The molecule has 54 heavy (non-hydrogen) atoms. The van der Waals surface area contributed by atoms with Crippen molar-refractivity contribution in [3.8, 4) is 22.9 Å². The first kappa shape index (κ1) is 36.6. The summed E-state index contributed by atoms with van der Waals surface area (Å²) in [5.41, 5.74) is 9.17. The lowest BCUT2D eigenvalue weighted by molar-refractivity contribution is -0.111. The molecule has 1 aliphatic carbocycles. The minimum Gasteiger partial charge on any atom is -0.507 e. The number of nitrogens with zero attached hydrogens (tertiary/aromatic N) is 7. The second-order valence-electron chi connectivity index (χ2n) is 16.9. The van der Waals surface area contributed by atoms with E-state index in [9.17, 15) is 9.90 Å². The number of phenolic OH excluding ortho intramolecular Hbond substituents is 1. The molecule has 8 rings (SSSR count). The van der Waals surface area contributed by atoms with Crippen molar-refractivity contribution in [3.05, 3.63) is 48.7 Å². The predicted octanol–water partition coefficient (Wildman–Crippen LogP) is 5.72. The molecular weight excluding hydrogens is 685 g/mol. The third-order valence-corrected chi connectivity index (χ3v) is 11.9. The van der Waals surface area contributed by atoms with Crippen molar-refractivity contribution < 1.29 is 24.1 Å². The second kappa shape index (κ2) is 15.4. The van der Waals surface area contributed by atoms with E-state index in [1.807, 2.05) is 50.1 Å². The van der Waals surface area contributed by atoms with Crippen molar-refractivity contribution in [2.24, 2.45) is 5.92 Å². The fraction of sp³-hybridized carbons (Fsp3) is 0.610. The van der Waals surface area contributed by atoms with E-state index in [1.54, 1.807) is 12.1 Å². The van der Waals surface area contributed by atoms with E-state index < -0.39 is 5.60 Å². The highest BCUT2D eigenvalue weighted by Crippen LogP contribution is 2.40. The summed E-state index contributed by atoms with van der Waals surface area (Å²) in [6, 6.07) is 14.0. The summed E-state index contributed by atoms with van der Waals surface area (Å²) in [5.74, 6) is 1.89. The number of aromatic hydroxyl groups is 1. The molecule has 1 saturated carbocycles. The molecule has 6 heterocycles. The Labute approximate surface area is 318 Å². The van der Waals surface area contributed by atoms with Crippen molar-refractivity contribution in [1.82, 2.24) is 25.0 Å². The van der Waals surface area contributed by atoms with Gasteiger partial charge in [0.05, 0.1) is 23.6 Å². The number of nitrogen functional groups attached to an aromatic ring is 1. The van der Waals surface area contributed by atoms with E-state index in [4.69, 9.17) is 19.9 Å². The maximum absolute atomic E-state index is 12.4. The molecule has 13 heteroatoms. The molecule has 0 radical (unpaired) electrons. The Hall–Kier alpha value is -4.36. The highest BCUT2D eigenvalue weighted by atomic mass is 16.6. The van der Waals surface area contributed by atoms with Crippen molar-refractivity contribution >= 4 is 23.3 Å². The molecule has 1 amide bonds. The van der Waals surface area contributed by atoms with Crippen LogP contribution in [-0.4, -0.2) is 118 Å². The summed E-state index contributed by atoms with van der Waals surface area (Å²) in [5, 5.41) is 18.9. The quantitative estimate of drug-likeness (QED) is 0.277. The SMILES string of the molecule is CC(C)(C)OC(=O)N1CCC(CN2CCC(O[C@H]3C[C@H](Oc4cc(N5C6CCC5CN(c5cc(-c7ccccc7O)nnc5N)C6)ccn4)C3)CC2)CC1. The monoisotopic (exact) mass is 740 g/mol. The van der Waals surface area contributed by atoms with Crippen molar-refractivity contribution in [1.29, 1.82) is 0 Å². The van der Waals surface area contributed by atoms with E-state index in [-0.39, 0.29) is 24.1 Å². The Morgan fingerprint density at radius 3 is 2.31 bits per heavy atom. The zero-order valence-electron chi connectivity index (χ0n) is 32.0. The van der Waals surface area contributed by atoms with Gasteiger partial charge in [-0.05, 0) is 89.5 Å². The molecule has 2 aromatic heterocycles. The number of piperazine rings is 1. The Morgan fingerprint density at radius 2 is 1.61 bits per heavy atom. The van der Waals surface area contributed by atoms with Gasteiger partial charge < -0.3 is 44.7 Å². The average Bonchev–Trinajstić information content (AvgIpc) is 3.40. The number of nitrogens with two attached hydrogens (primary N) is 1. The van der Waals surface area contributed by atoms with Gasteiger partial charge >= 0.3 is 6.09 Å². The number of hydrogen-bond donors (Lipinski definition) is 2. The van der Waals surface area contributed by atoms with Gasteiger partial charge in [0, 0.05) is 94.3 Å². The third kappa shape index (κ3) is 8.31. The van der Waals surface area contributed by atoms with Gasteiger partial charge in [-0.2, -0.15) is 0 Å². The minimum absolute atomic E-state index is 0.123. The molecule has 2 bridgehead atoms. The Morgan fingerprint density at radius 1 is 0.889 bits per heavy atom. The molecule has 5 fully saturated rings. The second-order valence-corrected chi connectivity index (χ2v) is 16.9. The van der Waals surface area contributed by atoms with E-state index in [0.717, 1.165) is 109 Å². The van der Waals surface area contributed by atoms with E-state index in [0.29, 0.717) is 47.1 Å². The van der Waals surface area contributed by atoms with Gasteiger partial charge in [-0.1, -0.05) is 12.1 Å². The highest BCUT2D eigenvalue weighted by molar-refractivity contribution is 5.74. The highest BCUT2D eigenvalue weighted by Gasteiger charge is 2.41. The number of piperidine rings is 2. The number of amides is 1. The van der Waals surface area contributed by atoms with Gasteiger partial charge in [-0.3, -0.25) is 0 Å². The van der Waals surface area contributed by atoms with Crippen LogP contribution in [0.5, 0.6) is 11.6 Å². The number of fused-ring (bicyclic) bond motifs is 2. The van der Waals surface area contributed by atoms with Gasteiger partial charge in [0.2, 0.25) is 5.88 Å². The molecule has 2 unspecified atom stereocenters. The smallest absolute Gasteiger partial charge is 0.410 e. The fourth-order valence-electron chi connectivity index (χ4n) is 9.00. The molecular formula is C41H56N8O5. The van der Waals surface area contributed by atoms with Crippen LogP contribution in [-0.2, 0) is 9.47 Å². The average molecular weight is 741 g/mol. The number of hydrogen-bond acceptors (Lipinski definition) is 12. The summed E-state index contributed by atoms with van der Waals surface area (Å²) in [6.45, 7) is 12.2. The maximum atomic E-state index is 12.4. The maximum Gasteiger partial charge on any atom is 0.410 e. The van der Waals surface area contributed by atoms with Crippen LogP contribution in [0.3, 0.4) is 0 Å². The van der Waals surface area contributed by atoms with Gasteiger partial charge in [0.1, 0.15) is 17.5 Å². The number of carbonyl (C=O) groups is 1. The number of para-hydroxylation sites is 1. The first-order valence-corrected chi connectivity index (χ1v) is 20.0. The van der Waals surface area contributed by atoms with Gasteiger partial charge in [-0.25, -0.2) is 9.78 Å². The van der Waals surface area contributed by atoms with Crippen molar-refractivity contribution in [2.75, 3.05) is 61.3 Å². The molecule has 4 aliphatic heterocycles. The largest absolute Gasteiger partial charge is 0.507 e. The standard InChI is InChI=1S/C41H56N8O5/c1-41(2,3)54-40(51)47-18-11-27(12-19-47)24-46-16-13-31(14-17-46)52-32-21-33(22-32)53-38-20-28(10-15-43-38)49-29-8-9-30(49)26-48(25-29)36-23-35(44-45-39(36)42)34-6-4-5-7-37(34)50/h4-7,10,15,20,23,27,29-33,50H,8-9,11-14,16-19,21-22,24-26H2,1-3H3,(H2,42,45)/t29?,30?,32-,33-. The Balaban J connectivity index is 0.772. The number of ether oxygens (including phenoxy) is 3. The molecule has 4 saturated heterocycles.